The van der Waals surface area contributed by atoms with Crippen LogP contribution >= 0.6 is 0 Å². The van der Waals surface area contributed by atoms with Crippen LogP contribution in [0, 0.1) is 0 Å². The van der Waals surface area contributed by atoms with Gasteiger partial charge >= 0.3 is 6.16 Å². The van der Waals surface area contributed by atoms with Gasteiger partial charge in [-0.2, -0.15) is 0 Å². The van der Waals surface area contributed by atoms with E-state index in [0.29, 0.717) is 12.2 Å². The van der Waals surface area contributed by atoms with Gasteiger partial charge in [-0.25, -0.2) is 4.79 Å². The Balaban J connectivity index is 1.52. The van der Waals surface area contributed by atoms with Crippen LogP contribution in [0.15, 0.2) is 54.6 Å². The zero-order chi connectivity index (χ0) is 16.1. The molecule has 0 unspecified atom stereocenters. The fraction of sp³-hybridized carbons (Fsp3) is 0.222. The predicted molar refractivity (Wildman–Crippen MR) is 85.3 cm³/mol. The summed E-state index contributed by atoms with van der Waals surface area (Å²) in [7, 11) is 0. The largest absolute Gasteiger partial charge is 0.514 e. The lowest BCUT2D eigenvalue weighted by atomic mass is 10.2. The fourth-order valence-electron chi connectivity index (χ4n) is 2.45. The third-order valence-corrected chi connectivity index (χ3v) is 3.62. The molecule has 1 heterocycles. The molecule has 3 rings (SSSR count). The molecule has 0 spiro atoms. The molecule has 23 heavy (non-hydrogen) atoms. The first-order valence-electron chi connectivity index (χ1n) is 7.51. The smallest absolute Gasteiger partial charge is 0.429 e. The minimum atomic E-state index is -0.741. The van der Waals surface area contributed by atoms with Gasteiger partial charge in [0.15, 0.2) is 0 Å². The van der Waals surface area contributed by atoms with E-state index in [1.807, 2.05) is 30.3 Å². The van der Waals surface area contributed by atoms with E-state index in [4.69, 9.17) is 9.47 Å². The summed E-state index contributed by atoms with van der Waals surface area (Å²) in [5, 5.41) is 0. The average molecular weight is 311 g/mol. The van der Waals surface area contributed by atoms with E-state index in [2.05, 4.69) is 0 Å². The van der Waals surface area contributed by atoms with Crippen molar-refractivity contribution in [3.63, 3.8) is 0 Å². The molecule has 5 nitrogen and oxygen atoms in total. The summed E-state index contributed by atoms with van der Waals surface area (Å²) < 4.78 is 10.1. The van der Waals surface area contributed by atoms with Crippen LogP contribution in [-0.2, 0) is 16.1 Å². The van der Waals surface area contributed by atoms with Gasteiger partial charge in [-0.15, -0.1) is 0 Å². The maximum atomic E-state index is 11.7. The fourth-order valence-corrected chi connectivity index (χ4v) is 2.45. The first-order valence-corrected chi connectivity index (χ1v) is 7.51. The molecule has 2 aromatic rings. The van der Waals surface area contributed by atoms with E-state index in [-0.39, 0.29) is 12.5 Å². The van der Waals surface area contributed by atoms with E-state index in [1.54, 1.807) is 29.2 Å². The van der Waals surface area contributed by atoms with Crippen LogP contribution in [0.25, 0.3) is 0 Å². The minimum Gasteiger partial charge on any atom is -0.429 e. The molecule has 5 heteroatoms. The summed E-state index contributed by atoms with van der Waals surface area (Å²) in [4.78, 5) is 25.1. The lowest BCUT2D eigenvalue weighted by Crippen LogP contribution is -2.23. The Morgan fingerprint density at radius 1 is 1.04 bits per heavy atom. The summed E-state index contributed by atoms with van der Waals surface area (Å²) >= 11 is 0. The van der Waals surface area contributed by atoms with Crippen molar-refractivity contribution in [1.29, 1.82) is 0 Å². The Kier molecular flexibility index (Phi) is 4.57. The second-order valence-corrected chi connectivity index (χ2v) is 5.27. The third-order valence-electron chi connectivity index (χ3n) is 3.62. The molecule has 2 aromatic carbocycles. The number of benzene rings is 2. The van der Waals surface area contributed by atoms with Crippen LogP contribution in [0.4, 0.5) is 10.5 Å². The lowest BCUT2D eigenvalue weighted by Gasteiger charge is -2.15. The summed E-state index contributed by atoms with van der Waals surface area (Å²) in [5.74, 6) is 0.598. The Labute approximate surface area is 134 Å². The van der Waals surface area contributed by atoms with Gasteiger partial charge in [0.05, 0.1) is 0 Å². The van der Waals surface area contributed by atoms with Crippen molar-refractivity contribution in [1.82, 2.24) is 0 Å². The Morgan fingerprint density at radius 3 is 2.43 bits per heavy atom. The van der Waals surface area contributed by atoms with E-state index in [1.165, 1.54) is 0 Å². The molecule has 1 saturated heterocycles. The molecule has 1 aliphatic rings. The monoisotopic (exact) mass is 311 g/mol. The van der Waals surface area contributed by atoms with Crippen molar-refractivity contribution in [2.75, 3.05) is 11.4 Å². The van der Waals surface area contributed by atoms with Gasteiger partial charge in [0, 0.05) is 18.7 Å². The molecule has 1 fully saturated rings. The zero-order valence-corrected chi connectivity index (χ0v) is 12.6. The van der Waals surface area contributed by atoms with Crippen LogP contribution < -0.4 is 9.64 Å². The third kappa shape index (κ3) is 3.88. The lowest BCUT2D eigenvalue weighted by molar-refractivity contribution is -0.117. The number of hydrogen-bond donors (Lipinski definition) is 0. The Bertz CT molecular complexity index is 682. The number of carbonyl (C=O) groups excluding carboxylic acids is 2. The molecular weight excluding hydrogens is 294 g/mol. The van der Waals surface area contributed by atoms with Crippen molar-refractivity contribution >= 4 is 17.7 Å². The van der Waals surface area contributed by atoms with Crippen LogP contribution in [0.3, 0.4) is 0 Å². The van der Waals surface area contributed by atoms with Gasteiger partial charge in [-0.05, 0) is 36.2 Å². The molecular formula is C18H17NO4. The molecule has 0 atom stereocenters. The van der Waals surface area contributed by atoms with Gasteiger partial charge in [-0.3, -0.25) is 4.79 Å². The number of anilines is 1. The van der Waals surface area contributed by atoms with Crippen LogP contribution in [0.2, 0.25) is 0 Å². The van der Waals surface area contributed by atoms with Gasteiger partial charge in [-0.1, -0.05) is 30.3 Å². The minimum absolute atomic E-state index is 0.125. The number of rotatable bonds is 4. The highest BCUT2D eigenvalue weighted by atomic mass is 16.7. The summed E-state index contributed by atoms with van der Waals surface area (Å²) in [6, 6.07) is 16.2. The normalized spacial score (nSPS) is 13.9. The molecule has 1 aliphatic heterocycles. The Hall–Kier alpha value is -2.82. The van der Waals surface area contributed by atoms with E-state index in [0.717, 1.165) is 24.2 Å². The average Bonchev–Trinajstić information content (AvgIpc) is 3.00. The van der Waals surface area contributed by atoms with Crippen LogP contribution in [0.5, 0.6) is 5.75 Å². The number of para-hydroxylation sites is 1. The molecule has 0 aromatic heterocycles. The maximum Gasteiger partial charge on any atom is 0.514 e. The Morgan fingerprint density at radius 2 is 1.78 bits per heavy atom. The second kappa shape index (κ2) is 6.96. The topological polar surface area (TPSA) is 55.8 Å². The SMILES string of the molecule is O=C(OCc1ccc(N2CCCC2=O)cc1)Oc1ccccc1. The van der Waals surface area contributed by atoms with Gasteiger partial charge in [0.2, 0.25) is 5.91 Å². The molecule has 118 valence electrons. The van der Waals surface area contributed by atoms with Crippen molar-refractivity contribution in [3.05, 3.63) is 60.2 Å². The van der Waals surface area contributed by atoms with E-state index >= 15 is 0 Å². The summed E-state index contributed by atoms with van der Waals surface area (Å²) in [5.41, 5.74) is 1.72. The molecule has 0 radical (unpaired) electrons. The second-order valence-electron chi connectivity index (χ2n) is 5.27. The first-order chi connectivity index (χ1) is 11.2. The number of amides is 1. The predicted octanol–water partition coefficient (Wildman–Crippen LogP) is 3.53. The number of nitrogens with zero attached hydrogens (tertiary/aromatic N) is 1. The van der Waals surface area contributed by atoms with Crippen LogP contribution in [0.1, 0.15) is 18.4 Å². The van der Waals surface area contributed by atoms with Crippen LogP contribution in [-0.4, -0.2) is 18.6 Å². The highest BCUT2D eigenvalue weighted by Crippen LogP contribution is 2.21. The van der Waals surface area contributed by atoms with Crippen molar-refractivity contribution in [2.45, 2.75) is 19.4 Å². The first kappa shape index (κ1) is 15.1. The summed E-state index contributed by atoms with van der Waals surface area (Å²) in [6.45, 7) is 0.887. The van der Waals surface area contributed by atoms with Gasteiger partial charge < -0.3 is 14.4 Å². The summed E-state index contributed by atoms with van der Waals surface area (Å²) in [6.07, 6.45) is 0.764. The number of carbonyl (C=O) groups is 2. The number of hydrogen-bond acceptors (Lipinski definition) is 4. The van der Waals surface area contributed by atoms with Gasteiger partial charge in [0.25, 0.3) is 0 Å². The highest BCUT2D eigenvalue weighted by Gasteiger charge is 2.21. The van der Waals surface area contributed by atoms with E-state index < -0.39 is 6.16 Å². The highest BCUT2D eigenvalue weighted by molar-refractivity contribution is 5.95. The molecule has 0 aliphatic carbocycles. The molecule has 0 saturated carbocycles. The number of ether oxygens (including phenoxy) is 2. The molecule has 0 bridgehead atoms. The van der Waals surface area contributed by atoms with Crippen molar-refractivity contribution in [2.24, 2.45) is 0 Å². The zero-order valence-electron chi connectivity index (χ0n) is 12.6. The maximum absolute atomic E-state index is 11.7. The van der Waals surface area contributed by atoms with E-state index in [9.17, 15) is 9.59 Å². The standard InChI is InChI=1S/C18H17NO4/c20-17-7-4-12-19(17)15-10-8-14(9-11-15)13-22-18(21)23-16-5-2-1-3-6-16/h1-3,5-6,8-11H,4,7,12-13H2. The molecule has 0 N–H and O–H groups in total. The van der Waals surface area contributed by atoms with Crippen molar-refractivity contribution < 1.29 is 19.1 Å². The quantitative estimate of drug-likeness (QED) is 0.640. The van der Waals surface area contributed by atoms with Gasteiger partial charge in [0.1, 0.15) is 12.4 Å². The van der Waals surface area contributed by atoms with Crippen molar-refractivity contribution in [3.8, 4) is 5.75 Å². The molecule has 1 amide bonds.